The molecule has 1 aliphatic carbocycles. The maximum atomic E-state index is 5.35. The molecule has 102 valence electrons. The highest BCUT2D eigenvalue weighted by Crippen LogP contribution is 2.19. The summed E-state index contributed by atoms with van der Waals surface area (Å²) < 4.78 is 10.4. The lowest BCUT2D eigenvalue weighted by Crippen LogP contribution is -2.16. The van der Waals surface area contributed by atoms with Crippen molar-refractivity contribution in [2.24, 2.45) is 0 Å². The summed E-state index contributed by atoms with van der Waals surface area (Å²) in [6.45, 7) is 2.40. The second-order valence-electron chi connectivity index (χ2n) is 5.24. The molecule has 3 rings (SSSR count). The molecule has 0 spiro atoms. The van der Waals surface area contributed by atoms with Gasteiger partial charge in [0.2, 0.25) is 0 Å². The quantitative estimate of drug-likeness (QED) is 0.827. The molecular weight excluding hydrogens is 242 g/mol. The summed E-state index contributed by atoms with van der Waals surface area (Å²) in [7, 11) is 2.05. The molecule has 1 saturated carbocycles. The molecule has 0 radical (unpaired) electrons. The fraction of sp³-hybridized carbons (Fsp3) is 0.500. The van der Waals surface area contributed by atoms with E-state index in [-0.39, 0.29) is 0 Å². The summed E-state index contributed by atoms with van der Waals surface area (Å²) in [5, 5.41) is 7.51. The molecular formula is C14H19N3O2. The first-order valence-corrected chi connectivity index (χ1v) is 6.67. The molecule has 5 nitrogen and oxygen atoms in total. The molecule has 1 fully saturated rings. The molecule has 0 aliphatic heterocycles. The van der Waals surface area contributed by atoms with Crippen LogP contribution in [-0.4, -0.2) is 23.1 Å². The highest BCUT2D eigenvalue weighted by Gasteiger charge is 2.20. The zero-order valence-electron chi connectivity index (χ0n) is 11.1. The van der Waals surface area contributed by atoms with E-state index in [1.165, 1.54) is 12.8 Å². The van der Waals surface area contributed by atoms with Gasteiger partial charge >= 0.3 is 0 Å². The van der Waals surface area contributed by atoms with E-state index in [1.54, 1.807) is 12.5 Å². The van der Waals surface area contributed by atoms with Crippen molar-refractivity contribution < 1.29 is 8.94 Å². The smallest absolute Gasteiger partial charge is 0.151 e. The van der Waals surface area contributed by atoms with E-state index in [9.17, 15) is 0 Å². The van der Waals surface area contributed by atoms with E-state index in [0.29, 0.717) is 6.04 Å². The Balaban J connectivity index is 1.48. The van der Waals surface area contributed by atoms with Crippen LogP contribution >= 0.6 is 0 Å². The molecule has 0 bridgehead atoms. The van der Waals surface area contributed by atoms with Gasteiger partial charge in [-0.2, -0.15) is 0 Å². The first-order valence-electron chi connectivity index (χ1n) is 6.67. The Labute approximate surface area is 112 Å². The lowest BCUT2D eigenvalue weighted by atomic mass is 10.3. The van der Waals surface area contributed by atoms with E-state index in [2.05, 4.69) is 22.4 Å². The molecule has 0 aromatic carbocycles. The predicted molar refractivity (Wildman–Crippen MR) is 70.2 cm³/mol. The maximum absolute atomic E-state index is 5.35. The van der Waals surface area contributed by atoms with Crippen molar-refractivity contribution >= 4 is 0 Å². The molecule has 0 saturated heterocycles. The van der Waals surface area contributed by atoms with Gasteiger partial charge in [0.15, 0.2) is 5.76 Å². The molecule has 0 unspecified atom stereocenters. The predicted octanol–water partition coefficient (Wildman–Crippen LogP) is 2.15. The summed E-state index contributed by atoms with van der Waals surface area (Å²) in [4.78, 5) is 2.17. The Kier molecular flexibility index (Phi) is 3.66. The van der Waals surface area contributed by atoms with Crippen LogP contribution in [0.25, 0.3) is 0 Å². The van der Waals surface area contributed by atoms with Crippen LogP contribution in [0.3, 0.4) is 0 Å². The van der Waals surface area contributed by atoms with E-state index in [0.717, 1.165) is 36.7 Å². The SMILES string of the molecule is CN(Cc1ccoc1)Cc1cc(CNC2CC2)no1. The third kappa shape index (κ3) is 3.68. The van der Waals surface area contributed by atoms with Gasteiger partial charge in [-0.3, -0.25) is 4.90 Å². The van der Waals surface area contributed by atoms with Crippen LogP contribution in [-0.2, 0) is 19.6 Å². The number of nitrogens with one attached hydrogen (secondary N) is 1. The van der Waals surface area contributed by atoms with Crippen molar-refractivity contribution in [3.63, 3.8) is 0 Å². The van der Waals surface area contributed by atoms with Crippen LogP contribution in [0.1, 0.15) is 29.9 Å². The van der Waals surface area contributed by atoms with Gasteiger partial charge in [-0.1, -0.05) is 5.16 Å². The minimum Gasteiger partial charge on any atom is -0.472 e. The Morgan fingerprint density at radius 3 is 3.05 bits per heavy atom. The second kappa shape index (κ2) is 5.59. The van der Waals surface area contributed by atoms with Crippen LogP contribution in [0.2, 0.25) is 0 Å². The molecule has 1 N–H and O–H groups in total. The number of aromatic nitrogens is 1. The van der Waals surface area contributed by atoms with E-state index < -0.39 is 0 Å². The largest absolute Gasteiger partial charge is 0.472 e. The van der Waals surface area contributed by atoms with Crippen molar-refractivity contribution in [2.75, 3.05) is 7.05 Å². The third-order valence-corrected chi connectivity index (χ3v) is 3.22. The van der Waals surface area contributed by atoms with Gasteiger partial charge in [-0.25, -0.2) is 0 Å². The van der Waals surface area contributed by atoms with Crippen LogP contribution in [0, 0.1) is 0 Å². The maximum Gasteiger partial charge on any atom is 0.151 e. The Morgan fingerprint density at radius 1 is 1.42 bits per heavy atom. The van der Waals surface area contributed by atoms with Gasteiger partial charge in [0.25, 0.3) is 0 Å². The molecule has 1 aliphatic rings. The minimum atomic E-state index is 0.698. The molecule has 0 atom stereocenters. The first kappa shape index (κ1) is 12.4. The highest BCUT2D eigenvalue weighted by molar-refractivity contribution is 5.07. The van der Waals surface area contributed by atoms with Gasteiger partial charge in [0.05, 0.1) is 24.8 Å². The summed E-state index contributed by atoms with van der Waals surface area (Å²) in [6.07, 6.45) is 6.04. The van der Waals surface area contributed by atoms with Crippen LogP contribution in [0.5, 0.6) is 0 Å². The van der Waals surface area contributed by atoms with Gasteiger partial charge in [0, 0.05) is 30.8 Å². The molecule has 0 amide bonds. The summed E-state index contributed by atoms with van der Waals surface area (Å²) >= 11 is 0. The molecule has 2 aromatic rings. The monoisotopic (exact) mass is 261 g/mol. The molecule has 19 heavy (non-hydrogen) atoms. The third-order valence-electron chi connectivity index (χ3n) is 3.22. The van der Waals surface area contributed by atoms with Gasteiger partial charge in [0.1, 0.15) is 0 Å². The van der Waals surface area contributed by atoms with Gasteiger partial charge < -0.3 is 14.3 Å². The number of furan rings is 1. The topological polar surface area (TPSA) is 54.4 Å². The lowest BCUT2D eigenvalue weighted by Gasteiger charge is -2.12. The lowest BCUT2D eigenvalue weighted by molar-refractivity contribution is 0.265. The number of hydrogen-bond acceptors (Lipinski definition) is 5. The second-order valence-corrected chi connectivity index (χ2v) is 5.24. The fourth-order valence-corrected chi connectivity index (χ4v) is 2.07. The van der Waals surface area contributed by atoms with E-state index >= 15 is 0 Å². The van der Waals surface area contributed by atoms with Gasteiger partial charge in [-0.05, 0) is 26.0 Å². The van der Waals surface area contributed by atoms with Crippen molar-refractivity contribution in [1.29, 1.82) is 0 Å². The van der Waals surface area contributed by atoms with E-state index in [4.69, 9.17) is 8.94 Å². The summed E-state index contributed by atoms with van der Waals surface area (Å²) in [5.41, 5.74) is 2.15. The Morgan fingerprint density at radius 2 is 2.32 bits per heavy atom. The summed E-state index contributed by atoms with van der Waals surface area (Å²) in [5.74, 6) is 0.901. The molecule has 2 heterocycles. The summed E-state index contributed by atoms with van der Waals surface area (Å²) in [6, 6.07) is 4.70. The average molecular weight is 261 g/mol. The van der Waals surface area contributed by atoms with Crippen molar-refractivity contribution in [1.82, 2.24) is 15.4 Å². The number of nitrogens with zero attached hydrogens (tertiary/aromatic N) is 2. The Bertz CT molecular complexity index is 503. The van der Waals surface area contributed by atoms with Crippen molar-refractivity contribution in [2.45, 2.75) is 38.5 Å². The molecule has 5 heteroatoms. The first-order chi connectivity index (χ1) is 9.29. The van der Waals surface area contributed by atoms with E-state index in [1.807, 2.05) is 12.1 Å². The molecule has 2 aromatic heterocycles. The van der Waals surface area contributed by atoms with Gasteiger partial charge in [-0.15, -0.1) is 0 Å². The highest BCUT2D eigenvalue weighted by atomic mass is 16.5. The Hall–Kier alpha value is -1.59. The number of hydrogen-bond donors (Lipinski definition) is 1. The number of rotatable bonds is 7. The standard InChI is InChI=1S/C14H19N3O2/c1-17(8-11-4-5-18-10-11)9-14-6-13(16-19-14)7-15-12-2-3-12/h4-6,10,12,15H,2-3,7-9H2,1H3. The normalized spacial score (nSPS) is 15.3. The van der Waals surface area contributed by atoms with Crippen LogP contribution < -0.4 is 5.32 Å². The zero-order valence-corrected chi connectivity index (χ0v) is 11.1. The van der Waals surface area contributed by atoms with Crippen LogP contribution in [0.15, 0.2) is 33.6 Å². The van der Waals surface area contributed by atoms with Crippen molar-refractivity contribution in [3.8, 4) is 0 Å². The average Bonchev–Trinajstić information content (AvgIpc) is 2.88. The van der Waals surface area contributed by atoms with Crippen LogP contribution in [0.4, 0.5) is 0 Å². The minimum absolute atomic E-state index is 0.698. The zero-order chi connectivity index (χ0) is 13.1. The van der Waals surface area contributed by atoms with Crippen molar-refractivity contribution in [3.05, 3.63) is 41.7 Å². The fourth-order valence-electron chi connectivity index (χ4n) is 2.07.